The number of halogens is 4. The molecule has 0 spiro atoms. The van der Waals surface area contributed by atoms with Gasteiger partial charge in [0.1, 0.15) is 5.82 Å². The number of hydrogen-bond donors (Lipinski definition) is 3. The summed E-state index contributed by atoms with van der Waals surface area (Å²) in [6, 6.07) is 0. The molecule has 0 aliphatic carbocycles. The Kier molecular flexibility index (Phi) is 5.06. The van der Waals surface area contributed by atoms with Crippen molar-refractivity contribution in [1.82, 2.24) is 15.5 Å². The summed E-state index contributed by atoms with van der Waals surface area (Å²) in [6.07, 6.45) is -3.48. The number of nitrogens with one attached hydrogen (secondary N) is 2. The normalized spacial score (nSPS) is 18.8. The molecule has 104 valence electrons. The van der Waals surface area contributed by atoms with Crippen LogP contribution in [0.4, 0.5) is 13.2 Å². The van der Waals surface area contributed by atoms with Crippen LogP contribution >= 0.6 is 15.9 Å². The third-order valence-corrected chi connectivity index (χ3v) is 3.15. The van der Waals surface area contributed by atoms with Crippen LogP contribution in [-0.2, 0) is 0 Å². The first-order valence-electron chi connectivity index (χ1n) is 5.31. The SMILES string of the molecule is CNC(N)CNC1=C(Br)C=C(C(F)(F)F)CN1C. The predicted octanol–water partition coefficient (Wildman–Crippen LogP) is 1.08. The fraction of sp³-hybridized carbons (Fsp3) is 0.600. The van der Waals surface area contributed by atoms with E-state index in [0.717, 1.165) is 6.08 Å². The Labute approximate surface area is 112 Å². The first kappa shape index (κ1) is 15.3. The zero-order valence-corrected chi connectivity index (χ0v) is 11.7. The van der Waals surface area contributed by atoms with Crippen molar-refractivity contribution < 1.29 is 13.2 Å². The second-order valence-corrected chi connectivity index (χ2v) is 4.85. The zero-order valence-electron chi connectivity index (χ0n) is 10.1. The van der Waals surface area contributed by atoms with Gasteiger partial charge in [-0.2, -0.15) is 13.2 Å². The topological polar surface area (TPSA) is 53.3 Å². The summed E-state index contributed by atoms with van der Waals surface area (Å²) in [5.41, 5.74) is 5.07. The summed E-state index contributed by atoms with van der Waals surface area (Å²) < 4.78 is 38.2. The molecule has 1 aliphatic heterocycles. The van der Waals surface area contributed by atoms with Crippen molar-refractivity contribution in [2.45, 2.75) is 12.3 Å². The Bertz CT molecular complexity index is 365. The van der Waals surface area contributed by atoms with E-state index in [1.165, 1.54) is 4.90 Å². The minimum absolute atomic E-state index is 0.185. The molecule has 0 bridgehead atoms. The van der Waals surface area contributed by atoms with Crippen LogP contribution in [0.15, 0.2) is 22.0 Å². The highest BCUT2D eigenvalue weighted by Gasteiger charge is 2.36. The Morgan fingerprint density at radius 1 is 1.56 bits per heavy atom. The van der Waals surface area contributed by atoms with Gasteiger partial charge in [-0.1, -0.05) is 0 Å². The predicted molar refractivity (Wildman–Crippen MR) is 67.8 cm³/mol. The molecule has 0 aromatic heterocycles. The third kappa shape index (κ3) is 3.89. The van der Waals surface area contributed by atoms with Gasteiger partial charge >= 0.3 is 6.18 Å². The molecule has 0 aromatic carbocycles. The van der Waals surface area contributed by atoms with Crippen LogP contribution < -0.4 is 16.4 Å². The molecular formula is C10H16BrF3N4. The standard InChI is InChI=1S/C10H16BrF3N4/c1-16-8(15)4-17-9-7(11)3-6(5-18(9)2)10(12,13)14/h3,8,16-17H,4-5,15H2,1-2H3. The van der Waals surface area contributed by atoms with Crippen LogP contribution in [0.1, 0.15) is 0 Å². The first-order chi connectivity index (χ1) is 8.25. The maximum absolute atomic E-state index is 12.6. The Hall–Kier alpha value is -0.730. The number of likely N-dealkylation sites (N-methyl/N-ethyl adjacent to an activating group) is 2. The minimum atomic E-state index is -4.31. The molecule has 1 unspecified atom stereocenters. The fourth-order valence-electron chi connectivity index (χ4n) is 1.48. The van der Waals surface area contributed by atoms with Gasteiger partial charge in [-0.15, -0.1) is 0 Å². The van der Waals surface area contributed by atoms with Crippen LogP contribution in [0.2, 0.25) is 0 Å². The van der Waals surface area contributed by atoms with Gasteiger partial charge in [0.25, 0.3) is 0 Å². The smallest absolute Gasteiger partial charge is 0.368 e. The van der Waals surface area contributed by atoms with Gasteiger partial charge in [0, 0.05) is 20.1 Å². The van der Waals surface area contributed by atoms with E-state index < -0.39 is 11.7 Å². The lowest BCUT2D eigenvalue weighted by Gasteiger charge is -2.31. The monoisotopic (exact) mass is 328 g/mol. The van der Waals surface area contributed by atoms with E-state index in [4.69, 9.17) is 5.73 Å². The van der Waals surface area contributed by atoms with E-state index >= 15 is 0 Å². The number of nitrogens with two attached hydrogens (primary N) is 1. The number of hydrogen-bond acceptors (Lipinski definition) is 4. The van der Waals surface area contributed by atoms with Gasteiger partial charge in [0.2, 0.25) is 0 Å². The lowest BCUT2D eigenvalue weighted by Crippen LogP contribution is -2.46. The number of alkyl halides is 3. The molecule has 1 atom stereocenters. The van der Waals surface area contributed by atoms with E-state index in [1.807, 2.05) is 0 Å². The van der Waals surface area contributed by atoms with Gasteiger partial charge in [-0.25, -0.2) is 0 Å². The summed E-state index contributed by atoms with van der Waals surface area (Å²) in [6.45, 7) is 0.232. The van der Waals surface area contributed by atoms with Gasteiger partial charge in [-0.3, -0.25) is 0 Å². The average molecular weight is 329 g/mol. The molecular weight excluding hydrogens is 313 g/mol. The fourth-order valence-corrected chi connectivity index (χ4v) is 2.20. The molecule has 0 fully saturated rings. The maximum Gasteiger partial charge on any atom is 0.414 e. The molecule has 0 saturated carbocycles. The van der Waals surface area contributed by atoms with E-state index in [0.29, 0.717) is 16.8 Å². The molecule has 1 heterocycles. The van der Waals surface area contributed by atoms with Crippen molar-refractivity contribution in [2.24, 2.45) is 5.73 Å². The molecule has 1 aliphatic rings. The van der Waals surface area contributed by atoms with Crippen molar-refractivity contribution in [3.05, 3.63) is 22.0 Å². The lowest BCUT2D eigenvalue weighted by molar-refractivity contribution is -0.0952. The Morgan fingerprint density at radius 2 is 2.17 bits per heavy atom. The van der Waals surface area contributed by atoms with Gasteiger partial charge in [0.15, 0.2) is 0 Å². The van der Waals surface area contributed by atoms with Gasteiger partial charge in [-0.05, 0) is 29.1 Å². The number of rotatable bonds is 4. The van der Waals surface area contributed by atoms with Crippen molar-refractivity contribution in [1.29, 1.82) is 0 Å². The highest BCUT2D eigenvalue weighted by Crippen LogP contribution is 2.32. The highest BCUT2D eigenvalue weighted by molar-refractivity contribution is 9.11. The molecule has 8 heteroatoms. The van der Waals surface area contributed by atoms with E-state index in [2.05, 4.69) is 26.6 Å². The number of nitrogens with zero attached hydrogens (tertiary/aromatic N) is 1. The maximum atomic E-state index is 12.6. The van der Waals surface area contributed by atoms with Crippen molar-refractivity contribution in [2.75, 3.05) is 27.2 Å². The van der Waals surface area contributed by atoms with E-state index in [9.17, 15) is 13.2 Å². The van der Waals surface area contributed by atoms with E-state index in [-0.39, 0.29) is 12.7 Å². The van der Waals surface area contributed by atoms with Gasteiger partial charge in [0.05, 0.1) is 16.2 Å². The molecule has 4 N–H and O–H groups in total. The summed E-state index contributed by atoms with van der Waals surface area (Å²) >= 11 is 3.14. The molecule has 0 radical (unpaired) electrons. The number of allylic oxidation sites excluding steroid dienone is 2. The van der Waals surface area contributed by atoms with Crippen LogP contribution in [-0.4, -0.2) is 44.4 Å². The summed E-state index contributed by atoms with van der Waals surface area (Å²) in [5.74, 6) is 0.591. The summed E-state index contributed by atoms with van der Waals surface area (Å²) in [4.78, 5) is 1.50. The average Bonchev–Trinajstić information content (AvgIpc) is 2.26. The van der Waals surface area contributed by atoms with Crippen molar-refractivity contribution >= 4 is 15.9 Å². The molecule has 4 nitrogen and oxygen atoms in total. The largest absolute Gasteiger partial charge is 0.414 e. The second-order valence-electron chi connectivity index (χ2n) is 4.00. The van der Waals surface area contributed by atoms with Crippen LogP contribution in [0.5, 0.6) is 0 Å². The molecule has 0 amide bonds. The molecule has 0 aromatic rings. The second kappa shape index (κ2) is 5.94. The lowest BCUT2D eigenvalue weighted by atomic mass is 10.1. The van der Waals surface area contributed by atoms with Crippen LogP contribution in [0.3, 0.4) is 0 Å². The Morgan fingerprint density at radius 3 is 2.61 bits per heavy atom. The highest BCUT2D eigenvalue weighted by atomic mass is 79.9. The van der Waals surface area contributed by atoms with Crippen LogP contribution in [0, 0.1) is 0 Å². The minimum Gasteiger partial charge on any atom is -0.368 e. The molecule has 1 rings (SSSR count). The Balaban J connectivity index is 2.81. The molecule has 18 heavy (non-hydrogen) atoms. The van der Waals surface area contributed by atoms with Crippen molar-refractivity contribution in [3.8, 4) is 0 Å². The van der Waals surface area contributed by atoms with Crippen LogP contribution in [0.25, 0.3) is 0 Å². The summed E-state index contributed by atoms with van der Waals surface area (Å²) in [5, 5.41) is 5.83. The van der Waals surface area contributed by atoms with E-state index in [1.54, 1.807) is 14.1 Å². The molecule has 0 saturated heterocycles. The summed E-state index contributed by atoms with van der Waals surface area (Å²) in [7, 11) is 3.30. The van der Waals surface area contributed by atoms with Crippen molar-refractivity contribution in [3.63, 3.8) is 0 Å². The zero-order chi connectivity index (χ0) is 13.9. The van der Waals surface area contributed by atoms with Gasteiger partial charge < -0.3 is 21.3 Å². The quantitative estimate of drug-likeness (QED) is 0.676. The first-order valence-corrected chi connectivity index (χ1v) is 6.10. The third-order valence-electron chi connectivity index (χ3n) is 2.54.